The number of rotatable bonds is 5. The molecule has 0 aromatic heterocycles. The number of hydrogen-bond donors (Lipinski definition) is 1. The maximum absolute atomic E-state index is 13.2. The van der Waals surface area contributed by atoms with Gasteiger partial charge >= 0.3 is 0 Å². The van der Waals surface area contributed by atoms with Crippen molar-refractivity contribution in [2.24, 2.45) is 0 Å². The summed E-state index contributed by atoms with van der Waals surface area (Å²) in [5.41, 5.74) is 5.20. The number of hydrogen-bond acceptors (Lipinski definition) is 4. The Kier molecular flexibility index (Phi) is 4.44. The smallest absolute Gasteiger partial charge is 0.243 e. The maximum Gasteiger partial charge on any atom is 0.243 e. The normalized spacial score (nSPS) is 12.0. The van der Waals surface area contributed by atoms with Gasteiger partial charge in [0.2, 0.25) is 10.0 Å². The fraction of sp³-hybridized carbons (Fsp3) is 0.400. The average molecular weight is 262 g/mol. The van der Waals surface area contributed by atoms with E-state index in [4.69, 9.17) is 10.5 Å². The fourth-order valence-corrected chi connectivity index (χ4v) is 2.36. The molecule has 0 saturated heterocycles. The Bertz CT molecular complexity index is 490. The number of ether oxygens (including phenoxy) is 1. The van der Waals surface area contributed by atoms with Gasteiger partial charge in [0.05, 0.1) is 17.2 Å². The highest BCUT2D eigenvalue weighted by Crippen LogP contribution is 2.18. The molecular weight excluding hydrogens is 247 g/mol. The van der Waals surface area contributed by atoms with E-state index < -0.39 is 15.8 Å². The summed E-state index contributed by atoms with van der Waals surface area (Å²) >= 11 is 0. The number of methoxy groups -OCH3 is 1. The molecule has 0 aliphatic carbocycles. The lowest BCUT2D eigenvalue weighted by atomic mass is 10.3. The van der Waals surface area contributed by atoms with Crippen molar-refractivity contribution in [1.82, 2.24) is 4.31 Å². The first-order chi connectivity index (χ1) is 7.89. The number of likely N-dealkylation sites (N-methyl/N-ethyl adjacent to an activating group) is 1. The molecule has 0 heterocycles. The number of halogens is 1. The molecule has 1 aromatic carbocycles. The Balaban J connectivity index is 3.00. The molecule has 0 bridgehead atoms. The van der Waals surface area contributed by atoms with Gasteiger partial charge in [-0.25, -0.2) is 12.8 Å². The van der Waals surface area contributed by atoms with Gasteiger partial charge in [-0.1, -0.05) is 0 Å². The van der Waals surface area contributed by atoms with Crippen LogP contribution in [0.5, 0.6) is 0 Å². The van der Waals surface area contributed by atoms with Crippen molar-refractivity contribution in [2.45, 2.75) is 4.90 Å². The van der Waals surface area contributed by atoms with Gasteiger partial charge in [-0.05, 0) is 18.2 Å². The van der Waals surface area contributed by atoms with Crippen LogP contribution in [0.15, 0.2) is 23.1 Å². The van der Waals surface area contributed by atoms with E-state index in [2.05, 4.69) is 0 Å². The number of nitrogen functional groups attached to an aromatic ring is 1. The van der Waals surface area contributed by atoms with Gasteiger partial charge in [-0.15, -0.1) is 0 Å². The number of nitrogens with two attached hydrogens (primary N) is 1. The Morgan fingerprint density at radius 2 is 2.12 bits per heavy atom. The molecule has 17 heavy (non-hydrogen) atoms. The van der Waals surface area contributed by atoms with E-state index in [1.165, 1.54) is 26.3 Å². The minimum atomic E-state index is -3.69. The topological polar surface area (TPSA) is 72.6 Å². The molecule has 0 radical (unpaired) electrons. The zero-order valence-electron chi connectivity index (χ0n) is 9.68. The fourth-order valence-electron chi connectivity index (χ4n) is 1.19. The first-order valence-electron chi connectivity index (χ1n) is 4.90. The molecule has 2 N–H and O–H groups in total. The van der Waals surface area contributed by atoms with Gasteiger partial charge in [-0.2, -0.15) is 4.31 Å². The van der Waals surface area contributed by atoms with Crippen LogP contribution in [-0.2, 0) is 14.8 Å². The van der Waals surface area contributed by atoms with Crippen molar-refractivity contribution in [1.29, 1.82) is 0 Å². The molecule has 7 heteroatoms. The molecule has 0 unspecified atom stereocenters. The van der Waals surface area contributed by atoms with Crippen LogP contribution in [0.2, 0.25) is 0 Å². The standard InChI is InChI=1S/C10H15FN2O3S/c1-13(5-6-16-2)17(14,15)8-3-4-10(12)9(11)7-8/h3-4,7H,5-6,12H2,1-2H3. The van der Waals surface area contributed by atoms with Crippen molar-refractivity contribution < 1.29 is 17.5 Å². The van der Waals surface area contributed by atoms with Crippen LogP contribution < -0.4 is 5.73 Å². The SMILES string of the molecule is COCCN(C)S(=O)(=O)c1ccc(N)c(F)c1. The van der Waals surface area contributed by atoms with E-state index >= 15 is 0 Å². The number of sulfonamides is 1. The van der Waals surface area contributed by atoms with Crippen molar-refractivity contribution in [3.8, 4) is 0 Å². The second-order valence-electron chi connectivity index (χ2n) is 3.50. The lowest BCUT2D eigenvalue weighted by Crippen LogP contribution is -2.30. The highest BCUT2D eigenvalue weighted by atomic mass is 32.2. The lowest BCUT2D eigenvalue weighted by molar-refractivity contribution is 0.185. The van der Waals surface area contributed by atoms with Gasteiger partial charge in [0, 0.05) is 20.7 Å². The van der Waals surface area contributed by atoms with Crippen LogP contribution in [0.1, 0.15) is 0 Å². The molecule has 0 amide bonds. The Morgan fingerprint density at radius 1 is 1.47 bits per heavy atom. The zero-order valence-corrected chi connectivity index (χ0v) is 10.5. The van der Waals surface area contributed by atoms with Crippen molar-refractivity contribution in [2.75, 3.05) is 33.0 Å². The van der Waals surface area contributed by atoms with E-state index in [1.54, 1.807) is 0 Å². The molecule has 96 valence electrons. The average Bonchev–Trinajstić information content (AvgIpc) is 2.29. The second-order valence-corrected chi connectivity index (χ2v) is 5.55. The second kappa shape index (κ2) is 5.44. The Labute approximate surface area is 100 Å². The van der Waals surface area contributed by atoms with Crippen LogP contribution in [-0.4, -0.2) is 40.0 Å². The summed E-state index contributed by atoms with van der Waals surface area (Å²) in [6, 6.07) is 3.41. The van der Waals surface area contributed by atoms with Crippen LogP contribution in [0.25, 0.3) is 0 Å². The first-order valence-corrected chi connectivity index (χ1v) is 6.34. The summed E-state index contributed by atoms with van der Waals surface area (Å²) < 4.78 is 43.0. The summed E-state index contributed by atoms with van der Waals surface area (Å²) in [6.45, 7) is 0.470. The molecule has 5 nitrogen and oxygen atoms in total. The third kappa shape index (κ3) is 3.15. The van der Waals surface area contributed by atoms with Gasteiger partial charge < -0.3 is 10.5 Å². The van der Waals surface area contributed by atoms with Crippen molar-refractivity contribution in [3.63, 3.8) is 0 Å². The minimum Gasteiger partial charge on any atom is -0.396 e. The quantitative estimate of drug-likeness (QED) is 0.792. The van der Waals surface area contributed by atoms with Crippen LogP contribution in [0, 0.1) is 5.82 Å². The molecule has 0 atom stereocenters. The number of benzene rings is 1. The van der Waals surface area contributed by atoms with Crippen LogP contribution >= 0.6 is 0 Å². The van der Waals surface area contributed by atoms with E-state index in [0.717, 1.165) is 10.4 Å². The third-order valence-electron chi connectivity index (χ3n) is 2.29. The van der Waals surface area contributed by atoms with Crippen molar-refractivity contribution >= 4 is 15.7 Å². The summed E-state index contributed by atoms with van der Waals surface area (Å²) in [5, 5.41) is 0. The van der Waals surface area contributed by atoms with E-state index in [0.29, 0.717) is 0 Å². The summed E-state index contributed by atoms with van der Waals surface area (Å²) in [7, 11) is -0.812. The predicted octanol–water partition coefficient (Wildman–Crippen LogP) is 0.675. The molecule has 0 fully saturated rings. The molecule has 0 spiro atoms. The highest BCUT2D eigenvalue weighted by Gasteiger charge is 2.21. The zero-order chi connectivity index (χ0) is 13.1. The number of nitrogens with zero attached hydrogens (tertiary/aromatic N) is 1. The molecule has 0 aliphatic heterocycles. The summed E-state index contributed by atoms with van der Waals surface area (Å²) in [6.07, 6.45) is 0. The molecule has 1 aromatic rings. The summed E-state index contributed by atoms with van der Waals surface area (Å²) in [5.74, 6) is -0.744. The Hall–Kier alpha value is -1.18. The van der Waals surface area contributed by atoms with Gasteiger partial charge in [-0.3, -0.25) is 0 Å². The number of anilines is 1. The molecule has 0 saturated carbocycles. The largest absolute Gasteiger partial charge is 0.396 e. The predicted molar refractivity (Wildman–Crippen MR) is 62.5 cm³/mol. The molecule has 0 aliphatic rings. The molecule has 1 rings (SSSR count). The minimum absolute atomic E-state index is 0.0801. The van der Waals surface area contributed by atoms with Crippen molar-refractivity contribution in [3.05, 3.63) is 24.0 Å². The first kappa shape index (κ1) is 13.9. The third-order valence-corrected chi connectivity index (χ3v) is 4.14. The van der Waals surface area contributed by atoms with Crippen LogP contribution in [0.3, 0.4) is 0 Å². The van der Waals surface area contributed by atoms with Gasteiger partial charge in [0.1, 0.15) is 5.82 Å². The van der Waals surface area contributed by atoms with E-state index in [-0.39, 0.29) is 23.7 Å². The highest BCUT2D eigenvalue weighted by molar-refractivity contribution is 7.89. The van der Waals surface area contributed by atoms with Gasteiger partial charge in [0.15, 0.2) is 0 Å². The van der Waals surface area contributed by atoms with E-state index in [9.17, 15) is 12.8 Å². The Morgan fingerprint density at radius 3 is 2.65 bits per heavy atom. The monoisotopic (exact) mass is 262 g/mol. The van der Waals surface area contributed by atoms with Gasteiger partial charge in [0.25, 0.3) is 0 Å². The lowest BCUT2D eigenvalue weighted by Gasteiger charge is -2.16. The summed E-state index contributed by atoms with van der Waals surface area (Å²) in [4.78, 5) is -0.122. The van der Waals surface area contributed by atoms with Crippen LogP contribution in [0.4, 0.5) is 10.1 Å². The maximum atomic E-state index is 13.2. The molecular formula is C10H15FN2O3S. The van der Waals surface area contributed by atoms with E-state index in [1.807, 2.05) is 0 Å².